The van der Waals surface area contributed by atoms with Crippen molar-refractivity contribution >= 4 is 27.8 Å². The Kier molecular flexibility index (Phi) is 3.39. The summed E-state index contributed by atoms with van der Waals surface area (Å²) < 4.78 is 2.94. The molecule has 0 aliphatic carbocycles. The molecule has 3 aromatic rings. The normalized spacial score (nSPS) is 10.9. The van der Waals surface area contributed by atoms with E-state index in [0.717, 1.165) is 29.2 Å². The summed E-state index contributed by atoms with van der Waals surface area (Å²) in [6.07, 6.45) is 5.47. The Morgan fingerprint density at radius 1 is 1.32 bits per heavy atom. The molecular formula is C14H14N4S. The van der Waals surface area contributed by atoms with Crippen molar-refractivity contribution in [3.05, 3.63) is 53.8 Å². The third kappa shape index (κ3) is 2.72. The van der Waals surface area contributed by atoms with Gasteiger partial charge in [0, 0.05) is 31.0 Å². The van der Waals surface area contributed by atoms with Crippen LogP contribution in [-0.4, -0.2) is 14.8 Å². The number of rotatable bonds is 5. The minimum Gasteiger partial charge on any atom is -0.306 e. The lowest BCUT2D eigenvalue weighted by atomic mass is 10.3. The molecule has 2 aromatic heterocycles. The molecule has 0 aliphatic rings. The average molecular weight is 270 g/mol. The number of nitrogens with one attached hydrogen (secondary N) is 1. The number of hydrogen-bond donors (Lipinski definition) is 1. The summed E-state index contributed by atoms with van der Waals surface area (Å²) >= 11 is 1.73. The molecule has 1 aromatic carbocycles. The van der Waals surface area contributed by atoms with Gasteiger partial charge >= 0.3 is 0 Å². The molecule has 0 radical (unpaired) electrons. The average Bonchev–Trinajstić information content (AvgIpc) is 3.04. The first-order valence-corrected chi connectivity index (χ1v) is 6.87. The van der Waals surface area contributed by atoms with Crippen LogP contribution in [0.3, 0.4) is 0 Å². The SMILES string of the molecule is C=Cn1cc(CNCc2nc3ccccc3s2)cn1. The van der Waals surface area contributed by atoms with Crippen molar-refractivity contribution in [3.63, 3.8) is 0 Å². The fourth-order valence-corrected chi connectivity index (χ4v) is 2.81. The quantitative estimate of drug-likeness (QED) is 0.775. The van der Waals surface area contributed by atoms with E-state index in [2.05, 4.69) is 28.0 Å². The lowest BCUT2D eigenvalue weighted by Gasteiger charge is -1.98. The van der Waals surface area contributed by atoms with E-state index in [4.69, 9.17) is 0 Å². The number of para-hydroxylation sites is 1. The predicted molar refractivity (Wildman–Crippen MR) is 78.8 cm³/mol. The van der Waals surface area contributed by atoms with Crippen molar-refractivity contribution in [2.24, 2.45) is 0 Å². The van der Waals surface area contributed by atoms with Crippen LogP contribution in [0.15, 0.2) is 43.2 Å². The Morgan fingerprint density at radius 3 is 3.00 bits per heavy atom. The van der Waals surface area contributed by atoms with E-state index >= 15 is 0 Å². The van der Waals surface area contributed by atoms with Gasteiger partial charge in [-0.15, -0.1) is 11.3 Å². The van der Waals surface area contributed by atoms with Crippen molar-refractivity contribution in [3.8, 4) is 0 Å². The van der Waals surface area contributed by atoms with Gasteiger partial charge in [0.05, 0.1) is 16.4 Å². The maximum Gasteiger partial charge on any atom is 0.108 e. The van der Waals surface area contributed by atoms with E-state index in [1.807, 2.05) is 30.6 Å². The second-order valence-electron chi connectivity index (χ2n) is 4.19. The molecule has 0 amide bonds. The second kappa shape index (κ2) is 5.34. The number of nitrogens with zero attached hydrogens (tertiary/aromatic N) is 3. The number of hydrogen-bond acceptors (Lipinski definition) is 4. The fraction of sp³-hybridized carbons (Fsp3) is 0.143. The molecule has 1 N–H and O–H groups in total. The largest absolute Gasteiger partial charge is 0.306 e. The van der Waals surface area contributed by atoms with E-state index in [0.29, 0.717) is 0 Å². The summed E-state index contributed by atoms with van der Waals surface area (Å²) in [6.45, 7) is 5.23. The third-order valence-corrected chi connectivity index (χ3v) is 3.82. The van der Waals surface area contributed by atoms with Gasteiger partial charge in [0.2, 0.25) is 0 Å². The van der Waals surface area contributed by atoms with Crippen LogP contribution in [0.4, 0.5) is 0 Å². The highest BCUT2D eigenvalue weighted by molar-refractivity contribution is 7.18. The van der Waals surface area contributed by atoms with Crippen molar-refractivity contribution < 1.29 is 0 Å². The van der Waals surface area contributed by atoms with Crippen LogP contribution in [0.25, 0.3) is 16.4 Å². The zero-order valence-corrected chi connectivity index (χ0v) is 11.2. The van der Waals surface area contributed by atoms with Gasteiger partial charge in [0.25, 0.3) is 0 Å². The zero-order chi connectivity index (χ0) is 13.1. The summed E-state index contributed by atoms with van der Waals surface area (Å²) in [5, 5.41) is 8.63. The molecule has 0 fully saturated rings. The van der Waals surface area contributed by atoms with Crippen LogP contribution in [0.5, 0.6) is 0 Å². The third-order valence-electron chi connectivity index (χ3n) is 2.79. The molecule has 2 heterocycles. The van der Waals surface area contributed by atoms with E-state index in [9.17, 15) is 0 Å². The lowest BCUT2D eigenvalue weighted by molar-refractivity contribution is 0.691. The number of thiazole rings is 1. The molecule has 0 spiro atoms. The van der Waals surface area contributed by atoms with Crippen molar-refractivity contribution in [1.82, 2.24) is 20.1 Å². The van der Waals surface area contributed by atoms with Gasteiger partial charge in [-0.05, 0) is 12.1 Å². The molecule has 19 heavy (non-hydrogen) atoms. The summed E-state index contributed by atoms with van der Waals surface area (Å²) in [7, 11) is 0. The standard InChI is InChI=1S/C14H14N4S/c1-2-18-10-11(8-16-18)7-15-9-14-17-12-5-3-4-6-13(12)19-14/h2-6,8,10,15H,1,7,9H2. The van der Waals surface area contributed by atoms with Crippen LogP contribution in [-0.2, 0) is 13.1 Å². The van der Waals surface area contributed by atoms with Crippen molar-refractivity contribution in [2.45, 2.75) is 13.1 Å². The monoisotopic (exact) mass is 270 g/mol. The summed E-state index contributed by atoms with van der Waals surface area (Å²) in [5.41, 5.74) is 2.21. The highest BCUT2D eigenvalue weighted by atomic mass is 32.1. The Labute approximate surface area is 115 Å². The summed E-state index contributed by atoms with van der Waals surface area (Å²) in [6, 6.07) is 8.21. The molecule has 0 aliphatic heterocycles. The highest BCUT2D eigenvalue weighted by Gasteiger charge is 2.03. The van der Waals surface area contributed by atoms with Crippen LogP contribution in [0.2, 0.25) is 0 Å². The van der Waals surface area contributed by atoms with Crippen LogP contribution >= 0.6 is 11.3 Å². The van der Waals surface area contributed by atoms with E-state index in [1.54, 1.807) is 22.2 Å². The molecule has 0 unspecified atom stereocenters. The number of benzene rings is 1. The Hall–Kier alpha value is -1.98. The van der Waals surface area contributed by atoms with Gasteiger partial charge in [-0.25, -0.2) is 9.67 Å². The maximum atomic E-state index is 4.58. The summed E-state index contributed by atoms with van der Waals surface area (Å²) in [4.78, 5) is 4.58. The first-order chi connectivity index (χ1) is 9.35. The number of fused-ring (bicyclic) bond motifs is 1. The molecule has 0 saturated carbocycles. The summed E-state index contributed by atoms with van der Waals surface area (Å²) in [5.74, 6) is 0. The molecule has 3 rings (SSSR count). The highest BCUT2D eigenvalue weighted by Crippen LogP contribution is 2.21. The maximum absolute atomic E-state index is 4.58. The number of aromatic nitrogens is 3. The molecule has 96 valence electrons. The first kappa shape index (κ1) is 12.1. The second-order valence-corrected chi connectivity index (χ2v) is 5.31. The molecule has 0 atom stereocenters. The van der Waals surface area contributed by atoms with Gasteiger partial charge in [-0.2, -0.15) is 5.10 Å². The van der Waals surface area contributed by atoms with Gasteiger partial charge < -0.3 is 5.32 Å². The minimum absolute atomic E-state index is 0.776. The van der Waals surface area contributed by atoms with Gasteiger partial charge in [-0.3, -0.25) is 0 Å². The van der Waals surface area contributed by atoms with Gasteiger partial charge in [-0.1, -0.05) is 18.7 Å². The van der Waals surface area contributed by atoms with E-state index < -0.39 is 0 Å². The minimum atomic E-state index is 0.776. The Morgan fingerprint density at radius 2 is 2.21 bits per heavy atom. The van der Waals surface area contributed by atoms with E-state index in [-0.39, 0.29) is 0 Å². The predicted octanol–water partition coefficient (Wildman–Crippen LogP) is 2.88. The molecule has 5 heteroatoms. The Bertz CT molecular complexity index is 665. The van der Waals surface area contributed by atoms with E-state index in [1.165, 1.54) is 4.70 Å². The van der Waals surface area contributed by atoms with Crippen molar-refractivity contribution in [1.29, 1.82) is 0 Å². The first-order valence-electron chi connectivity index (χ1n) is 6.06. The molecule has 4 nitrogen and oxygen atoms in total. The fourth-order valence-electron chi connectivity index (χ4n) is 1.88. The molecule has 0 saturated heterocycles. The van der Waals surface area contributed by atoms with Crippen LogP contribution < -0.4 is 5.32 Å². The van der Waals surface area contributed by atoms with Crippen molar-refractivity contribution in [2.75, 3.05) is 0 Å². The lowest BCUT2D eigenvalue weighted by Crippen LogP contribution is -2.11. The van der Waals surface area contributed by atoms with Gasteiger partial charge in [0.15, 0.2) is 0 Å². The zero-order valence-electron chi connectivity index (χ0n) is 10.4. The van der Waals surface area contributed by atoms with Crippen LogP contribution in [0, 0.1) is 0 Å². The Balaban J connectivity index is 1.61. The molecule has 0 bridgehead atoms. The molecular weight excluding hydrogens is 256 g/mol. The van der Waals surface area contributed by atoms with Crippen LogP contribution in [0.1, 0.15) is 10.6 Å². The topological polar surface area (TPSA) is 42.7 Å². The smallest absolute Gasteiger partial charge is 0.108 e. The van der Waals surface area contributed by atoms with Gasteiger partial charge in [0.1, 0.15) is 5.01 Å².